The normalized spacial score (nSPS) is 13.5. The average molecular weight is 270 g/mol. The Morgan fingerprint density at radius 1 is 1.20 bits per heavy atom. The van der Waals surface area contributed by atoms with Crippen LogP contribution in [0.4, 0.5) is 15.8 Å². The minimum Gasteiger partial charge on any atom is -0.385 e. The number of nitrogens with one attached hydrogen (secondary N) is 1. The molecule has 0 bridgehead atoms. The fourth-order valence-electron chi connectivity index (χ4n) is 2.75. The van der Waals surface area contributed by atoms with Gasteiger partial charge in [0.15, 0.2) is 0 Å². The maximum Gasteiger partial charge on any atom is 0.146 e. The molecule has 0 unspecified atom stereocenters. The van der Waals surface area contributed by atoms with Crippen LogP contribution in [0, 0.1) is 5.82 Å². The van der Waals surface area contributed by atoms with Crippen molar-refractivity contribution in [3.8, 4) is 0 Å². The number of halogens is 1. The maximum absolute atomic E-state index is 13.8. The zero-order valence-corrected chi connectivity index (χ0v) is 11.7. The first-order valence-corrected chi connectivity index (χ1v) is 7.05. The van der Waals surface area contributed by atoms with Gasteiger partial charge in [-0.25, -0.2) is 4.39 Å². The lowest BCUT2D eigenvalue weighted by Crippen LogP contribution is -2.18. The predicted octanol–water partition coefficient (Wildman–Crippen LogP) is 3.82. The first-order valence-electron chi connectivity index (χ1n) is 7.05. The smallest absolute Gasteiger partial charge is 0.146 e. The topological polar surface area (TPSA) is 15.3 Å². The first kappa shape index (κ1) is 13.0. The summed E-state index contributed by atoms with van der Waals surface area (Å²) in [6, 6.07) is 13.4. The molecule has 0 atom stereocenters. The fourth-order valence-corrected chi connectivity index (χ4v) is 2.75. The number of hydrogen-bond acceptors (Lipinski definition) is 2. The van der Waals surface area contributed by atoms with Gasteiger partial charge in [0.2, 0.25) is 0 Å². The third kappa shape index (κ3) is 2.62. The number of nitrogens with zero attached hydrogens (tertiary/aromatic N) is 1. The van der Waals surface area contributed by atoms with Gasteiger partial charge in [0, 0.05) is 25.8 Å². The molecule has 3 rings (SSSR count). The third-order valence-corrected chi connectivity index (χ3v) is 3.79. The van der Waals surface area contributed by atoms with E-state index in [1.54, 1.807) is 6.07 Å². The Kier molecular flexibility index (Phi) is 3.59. The van der Waals surface area contributed by atoms with Crippen LogP contribution < -0.4 is 10.2 Å². The molecule has 0 aromatic heterocycles. The number of para-hydroxylation sites is 1. The van der Waals surface area contributed by atoms with E-state index in [4.69, 9.17) is 0 Å². The molecule has 0 radical (unpaired) electrons. The van der Waals surface area contributed by atoms with Gasteiger partial charge in [0.05, 0.1) is 5.69 Å². The highest BCUT2D eigenvalue weighted by molar-refractivity contribution is 5.55. The Balaban J connectivity index is 1.79. The van der Waals surface area contributed by atoms with Crippen LogP contribution in [0.2, 0.25) is 0 Å². The molecule has 0 spiro atoms. The molecule has 2 nitrogen and oxygen atoms in total. The monoisotopic (exact) mass is 270 g/mol. The lowest BCUT2D eigenvalue weighted by atomic mass is 10.0. The van der Waals surface area contributed by atoms with Crippen LogP contribution in [0.15, 0.2) is 42.5 Å². The van der Waals surface area contributed by atoms with Gasteiger partial charge >= 0.3 is 0 Å². The minimum atomic E-state index is -0.172. The van der Waals surface area contributed by atoms with Crippen molar-refractivity contribution in [1.29, 1.82) is 0 Å². The highest BCUT2D eigenvalue weighted by Gasteiger charge is 2.11. The van der Waals surface area contributed by atoms with Crippen LogP contribution in [-0.4, -0.2) is 13.6 Å². The van der Waals surface area contributed by atoms with E-state index in [0.717, 1.165) is 13.0 Å². The van der Waals surface area contributed by atoms with Crippen molar-refractivity contribution in [2.75, 3.05) is 23.8 Å². The summed E-state index contributed by atoms with van der Waals surface area (Å²) >= 11 is 0. The Labute approximate surface area is 119 Å². The predicted molar refractivity (Wildman–Crippen MR) is 81.8 cm³/mol. The quantitative estimate of drug-likeness (QED) is 0.912. The molecule has 0 fully saturated rings. The van der Waals surface area contributed by atoms with E-state index >= 15 is 0 Å². The SMILES string of the molecule is CN(Cc1ccc2c(c1)CCCN2)c1ccccc1F. The van der Waals surface area contributed by atoms with Crippen molar-refractivity contribution < 1.29 is 4.39 Å². The van der Waals surface area contributed by atoms with Crippen molar-refractivity contribution in [2.24, 2.45) is 0 Å². The van der Waals surface area contributed by atoms with Crippen LogP contribution in [0.3, 0.4) is 0 Å². The molecule has 3 heteroatoms. The summed E-state index contributed by atoms with van der Waals surface area (Å²) in [4.78, 5) is 1.95. The van der Waals surface area contributed by atoms with E-state index in [9.17, 15) is 4.39 Å². The zero-order valence-electron chi connectivity index (χ0n) is 11.7. The van der Waals surface area contributed by atoms with E-state index in [0.29, 0.717) is 12.2 Å². The molecule has 0 amide bonds. The minimum absolute atomic E-state index is 0.172. The Morgan fingerprint density at radius 2 is 2.05 bits per heavy atom. The molecule has 1 aliphatic heterocycles. The van der Waals surface area contributed by atoms with Crippen LogP contribution in [0.5, 0.6) is 0 Å². The van der Waals surface area contributed by atoms with Gasteiger partial charge in [-0.3, -0.25) is 0 Å². The van der Waals surface area contributed by atoms with Crippen molar-refractivity contribution in [3.05, 3.63) is 59.4 Å². The van der Waals surface area contributed by atoms with Gasteiger partial charge in [-0.2, -0.15) is 0 Å². The third-order valence-electron chi connectivity index (χ3n) is 3.79. The maximum atomic E-state index is 13.8. The number of rotatable bonds is 3. The largest absolute Gasteiger partial charge is 0.385 e. The number of fused-ring (bicyclic) bond motifs is 1. The molecule has 0 saturated heterocycles. The van der Waals surface area contributed by atoms with Crippen molar-refractivity contribution in [2.45, 2.75) is 19.4 Å². The number of anilines is 2. The van der Waals surface area contributed by atoms with Gasteiger partial charge in [0.1, 0.15) is 5.82 Å². The molecule has 2 aromatic rings. The lowest BCUT2D eigenvalue weighted by Gasteiger charge is -2.22. The summed E-state index contributed by atoms with van der Waals surface area (Å²) in [5, 5.41) is 3.41. The van der Waals surface area contributed by atoms with Crippen molar-refractivity contribution >= 4 is 11.4 Å². The first-order chi connectivity index (χ1) is 9.74. The van der Waals surface area contributed by atoms with E-state index < -0.39 is 0 Å². The summed E-state index contributed by atoms with van der Waals surface area (Å²) in [5.41, 5.74) is 4.48. The Hall–Kier alpha value is -2.03. The number of benzene rings is 2. The van der Waals surface area contributed by atoms with Crippen LogP contribution in [0.25, 0.3) is 0 Å². The van der Waals surface area contributed by atoms with E-state index in [-0.39, 0.29) is 5.82 Å². The van der Waals surface area contributed by atoms with Gasteiger partial charge in [-0.1, -0.05) is 24.3 Å². The highest BCUT2D eigenvalue weighted by Crippen LogP contribution is 2.25. The van der Waals surface area contributed by atoms with Gasteiger partial charge < -0.3 is 10.2 Å². The second-order valence-corrected chi connectivity index (χ2v) is 5.33. The summed E-state index contributed by atoms with van der Waals surface area (Å²) in [6.07, 6.45) is 2.30. The van der Waals surface area contributed by atoms with E-state index in [1.807, 2.05) is 24.1 Å². The summed E-state index contributed by atoms with van der Waals surface area (Å²) < 4.78 is 13.8. The second-order valence-electron chi connectivity index (χ2n) is 5.33. The molecule has 1 N–H and O–H groups in total. The molecule has 0 saturated carbocycles. The van der Waals surface area contributed by atoms with Crippen molar-refractivity contribution in [3.63, 3.8) is 0 Å². The van der Waals surface area contributed by atoms with Crippen molar-refractivity contribution in [1.82, 2.24) is 0 Å². The van der Waals surface area contributed by atoms with Crippen LogP contribution in [-0.2, 0) is 13.0 Å². The summed E-state index contributed by atoms with van der Waals surface area (Å²) in [7, 11) is 1.93. The summed E-state index contributed by atoms with van der Waals surface area (Å²) in [5.74, 6) is -0.172. The highest BCUT2D eigenvalue weighted by atomic mass is 19.1. The lowest BCUT2D eigenvalue weighted by molar-refractivity contribution is 0.622. The average Bonchev–Trinajstić information content (AvgIpc) is 2.47. The second kappa shape index (κ2) is 5.53. The Bertz CT molecular complexity index is 610. The molecule has 2 aromatic carbocycles. The van der Waals surface area contributed by atoms with Gasteiger partial charge in [0.25, 0.3) is 0 Å². The fraction of sp³-hybridized carbons (Fsp3) is 0.294. The Morgan fingerprint density at radius 3 is 2.90 bits per heavy atom. The molecule has 20 heavy (non-hydrogen) atoms. The van der Waals surface area contributed by atoms with Gasteiger partial charge in [-0.05, 0) is 42.2 Å². The standard InChI is InChI=1S/C17H19FN2/c1-20(17-7-3-2-6-15(17)18)12-13-8-9-16-14(11-13)5-4-10-19-16/h2-3,6-9,11,19H,4-5,10,12H2,1H3. The molecule has 1 aliphatic rings. The van der Waals surface area contributed by atoms with Crippen LogP contribution in [0.1, 0.15) is 17.5 Å². The molecule has 1 heterocycles. The number of aryl methyl sites for hydroxylation is 1. The molecule has 0 aliphatic carbocycles. The molecular formula is C17H19FN2. The zero-order chi connectivity index (χ0) is 13.9. The van der Waals surface area contributed by atoms with E-state index in [2.05, 4.69) is 23.5 Å². The van der Waals surface area contributed by atoms with E-state index in [1.165, 1.54) is 29.3 Å². The van der Waals surface area contributed by atoms with Crippen LogP contribution >= 0.6 is 0 Å². The summed E-state index contributed by atoms with van der Waals surface area (Å²) in [6.45, 7) is 1.77. The van der Waals surface area contributed by atoms with Gasteiger partial charge in [-0.15, -0.1) is 0 Å². The number of hydrogen-bond donors (Lipinski definition) is 1. The molecular weight excluding hydrogens is 251 g/mol. The molecule has 104 valence electrons.